The van der Waals surface area contributed by atoms with Gasteiger partial charge in [0.15, 0.2) is 6.61 Å². The Hall–Kier alpha value is -3.83. The van der Waals surface area contributed by atoms with Crippen LogP contribution in [-0.2, 0) is 4.79 Å². The van der Waals surface area contributed by atoms with Gasteiger partial charge in [0, 0.05) is 5.02 Å². The molecule has 2 amide bonds. The van der Waals surface area contributed by atoms with E-state index >= 15 is 0 Å². The van der Waals surface area contributed by atoms with Gasteiger partial charge in [-0.25, -0.2) is 4.68 Å². The number of amides is 2. The molecule has 1 heterocycles. The van der Waals surface area contributed by atoms with Crippen LogP contribution in [0.4, 0.5) is 0 Å². The van der Waals surface area contributed by atoms with E-state index in [1.165, 1.54) is 6.20 Å². The fourth-order valence-electron chi connectivity index (χ4n) is 2.88. The summed E-state index contributed by atoms with van der Waals surface area (Å²) < 4.78 is 7.01. The Balaban J connectivity index is 1.62. The first-order valence-electron chi connectivity index (χ1n) is 9.45. The van der Waals surface area contributed by atoms with Crippen LogP contribution in [0.2, 0.25) is 5.02 Å². The molecule has 1 aromatic heterocycles. The van der Waals surface area contributed by atoms with E-state index in [0.717, 1.165) is 5.69 Å². The molecule has 0 saturated heterocycles. The van der Waals surface area contributed by atoms with Crippen LogP contribution in [0.3, 0.4) is 0 Å². The zero-order valence-electron chi connectivity index (χ0n) is 16.9. The van der Waals surface area contributed by atoms with E-state index in [-0.39, 0.29) is 12.5 Å². The summed E-state index contributed by atoms with van der Waals surface area (Å²) in [5.74, 6) is -0.592. The SMILES string of the molecule is CC(C)c1c(C(=O)NNC(=O)COc2ccc(C#N)cc2)cnn1-c1ccc(Cl)cc1. The molecule has 0 aliphatic rings. The lowest BCUT2D eigenvalue weighted by molar-refractivity contribution is -0.123. The number of halogens is 1. The Morgan fingerprint density at radius 3 is 2.42 bits per heavy atom. The standard InChI is InChI=1S/C22H20ClN5O3/c1-14(2)21-19(12-25-28(21)17-7-5-16(23)6-8-17)22(30)27-26-20(29)13-31-18-9-3-15(11-24)4-10-18/h3-10,12,14H,13H2,1-2H3,(H,26,29)(H,27,30). The second-order valence-corrected chi connectivity index (χ2v) is 7.35. The predicted molar refractivity (Wildman–Crippen MR) is 115 cm³/mol. The fourth-order valence-corrected chi connectivity index (χ4v) is 3.01. The maximum absolute atomic E-state index is 12.6. The first kappa shape index (κ1) is 21.9. The molecule has 0 bridgehead atoms. The van der Waals surface area contributed by atoms with Crippen LogP contribution in [0, 0.1) is 11.3 Å². The lowest BCUT2D eigenvalue weighted by Crippen LogP contribution is -2.44. The summed E-state index contributed by atoms with van der Waals surface area (Å²) in [6.45, 7) is 3.60. The average molecular weight is 438 g/mol. The van der Waals surface area contributed by atoms with Gasteiger partial charge in [0.1, 0.15) is 5.75 Å². The summed E-state index contributed by atoms with van der Waals surface area (Å²) in [6.07, 6.45) is 1.46. The third-order valence-electron chi connectivity index (χ3n) is 4.34. The van der Waals surface area contributed by atoms with Crippen molar-refractivity contribution < 1.29 is 14.3 Å². The maximum Gasteiger partial charge on any atom is 0.276 e. The Bertz CT molecular complexity index is 1120. The molecule has 0 spiro atoms. The van der Waals surface area contributed by atoms with Crippen LogP contribution < -0.4 is 15.6 Å². The van der Waals surface area contributed by atoms with Crippen LogP contribution >= 0.6 is 11.6 Å². The second-order valence-electron chi connectivity index (χ2n) is 6.91. The number of carbonyl (C=O) groups is 2. The number of nitrogens with one attached hydrogen (secondary N) is 2. The maximum atomic E-state index is 12.6. The number of hydrogen-bond acceptors (Lipinski definition) is 5. The van der Waals surface area contributed by atoms with Crippen molar-refractivity contribution in [1.82, 2.24) is 20.6 Å². The number of carbonyl (C=O) groups excluding carboxylic acids is 2. The van der Waals surface area contributed by atoms with Crippen LogP contribution in [-0.4, -0.2) is 28.2 Å². The van der Waals surface area contributed by atoms with E-state index in [1.807, 2.05) is 32.0 Å². The van der Waals surface area contributed by atoms with Crippen molar-refractivity contribution in [2.45, 2.75) is 19.8 Å². The summed E-state index contributed by atoms with van der Waals surface area (Å²) in [4.78, 5) is 24.7. The first-order valence-corrected chi connectivity index (χ1v) is 9.83. The van der Waals surface area contributed by atoms with Crippen molar-refractivity contribution in [3.05, 3.63) is 76.6 Å². The number of nitriles is 1. The molecule has 8 nitrogen and oxygen atoms in total. The predicted octanol–water partition coefficient (Wildman–Crippen LogP) is 3.36. The minimum Gasteiger partial charge on any atom is -0.484 e. The topological polar surface area (TPSA) is 109 Å². The summed E-state index contributed by atoms with van der Waals surface area (Å²) in [5, 5.41) is 13.7. The van der Waals surface area contributed by atoms with Crippen molar-refractivity contribution in [3.8, 4) is 17.5 Å². The van der Waals surface area contributed by atoms with Crippen LogP contribution in [0.15, 0.2) is 54.7 Å². The molecular weight excluding hydrogens is 418 g/mol. The zero-order valence-corrected chi connectivity index (χ0v) is 17.7. The number of aromatic nitrogens is 2. The lowest BCUT2D eigenvalue weighted by atomic mass is 10.1. The van der Waals surface area contributed by atoms with Gasteiger partial charge in [-0.1, -0.05) is 25.4 Å². The van der Waals surface area contributed by atoms with E-state index in [4.69, 9.17) is 21.6 Å². The number of nitrogens with zero attached hydrogens (tertiary/aromatic N) is 3. The minimum absolute atomic E-state index is 0.00524. The number of rotatable bonds is 6. The molecule has 0 unspecified atom stereocenters. The molecular formula is C22H20ClN5O3. The molecule has 2 N–H and O–H groups in total. The molecule has 0 aliphatic carbocycles. The molecule has 0 fully saturated rings. The van der Waals surface area contributed by atoms with E-state index in [9.17, 15) is 9.59 Å². The average Bonchev–Trinajstić information content (AvgIpc) is 3.22. The normalized spacial score (nSPS) is 10.4. The Kier molecular flexibility index (Phi) is 6.90. The molecule has 9 heteroatoms. The van der Waals surface area contributed by atoms with Gasteiger partial charge in [-0.15, -0.1) is 0 Å². The Morgan fingerprint density at radius 1 is 1.13 bits per heavy atom. The van der Waals surface area contributed by atoms with Crippen LogP contribution in [0.1, 0.15) is 41.4 Å². The molecule has 158 valence electrons. The Labute approximate surface area is 184 Å². The monoisotopic (exact) mass is 437 g/mol. The van der Waals surface area contributed by atoms with Crippen LogP contribution in [0.25, 0.3) is 5.69 Å². The highest BCUT2D eigenvalue weighted by molar-refractivity contribution is 6.30. The highest BCUT2D eigenvalue weighted by Gasteiger charge is 2.21. The molecule has 3 rings (SSSR count). The molecule has 0 saturated carbocycles. The van der Waals surface area contributed by atoms with Crippen molar-refractivity contribution in [2.24, 2.45) is 0 Å². The van der Waals surface area contributed by atoms with Gasteiger partial charge in [-0.3, -0.25) is 20.4 Å². The minimum atomic E-state index is -0.533. The summed E-state index contributed by atoms with van der Waals surface area (Å²) in [6, 6.07) is 15.5. The van der Waals surface area contributed by atoms with Gasteiger partial charge in [0.05, 0.1) is 34.8 Å². The van der Waals surface area contributed by atoms with Gasteiger partial charge < -0.3 is 4.74 Å². The van der Waals surface area contributed by atoms with E-state index < -0.39 is 11.8 Å². The summed E-state index contributed by atoms with van der Waals surface area (Å²) >= 11 is 5.95. The molecule has 31 heavy (non-hydrogen) atoms. The third kappa shape index (κ3) is 5.41. The zero-order chi connectivity index (χ0) is 22.4. The highest BCUT2D eigenvalue weighted by Crippen LogP contribution is 2.24. The van der Waals surface area contributed by atoms with Gasteiger partial charge >= 0.3 is 0 Å². The number of ether oxygens (including phenoxy) is 1. The second kappa shape index (κ2) is 9.78. The van der Waals surface area contributed by atoms with E-state index in [2.05, 4.69) is 16.0 Å². The van der Waals surface area contributed by atoms with Crippen molar-refractivity contribution in [3.63, 3.8) is 0 Å². The largest absolute Gasteiger partial charge is 0.484 e. The molecule has 2 aromatic carbocycles. The smallest absolute Gasteiger partial charge is 0.276 e. The number of benzene rings is 2. The molecule has 3 aromatic rings. The highest BCUT2D eigenvalue weighted by atomic mass is 35.5. The molecule has 0 atom stereocenters. The molecule has 0 radical (unpaired) electrons. The van der Waals surface area contributed by atoms with Crippen molar-refractivity contribution in [1.29, 1.82) is 5.26 Å². The number of hydrazine groups is 1. The van der Waals surface area contributed by atoms with Gasteiger partial charge in [0.25, 0.3) is 11.8 Å². The van der Waals surface area contributed by atoms with Crippen LogP contribution in [0.5, 0.6) is 5.75 Å². The lowest BCUT2D eigenvalue weighted by Gasteiger charge is -2.13. The summed E-state index contributed by atoms with van der Waals surface area (Å²) in [7, 11) is 0. The van der Waals surface area contributed by atoms with Crippen molar-refractivity contribution in [2.75, 3.05) is 6.61 Å². The third-order valence-corrected chi connectivity index (χ3v) is 4.59. The van der Waals surface area contributed by atoms with Gasteiger partial charge in [-0.2, -0.15) is 10.4 Å². The fraction of sp³-hybridized carbons (Fsp3) is 0.182. The van der Waals surface area contributed by atoms with E-state index in [1.54, 1.807) is 41.1 Å². The quantitative estimate of drug-likeness (QED) is 0.575. The van der Waals surface area contributed by atoms with Gasteiger partial charge in [-0.05, 0) is 54.4 Å². The first-order chi connectivity index (χ1) is 14.9. The molecule has 0 aliphatic heterocycles. The van der Waals surface area contributed by atoms with Crippen molar-refractivity contribution >= 4 is 23.4 Å². The number of hydrogen-bond donors (Lipinski definition) is 2. The van der Waals surface area contributed by atoms with Gasteiger partial charge in [0.2, 0.25) is 0 Å². The van der Waals surface area contributed by atoms with E-state index in [0.29, 0.717) is 27.6 Å². The Morgan fingerprint density at radius 2 is 1.81 bits per heavy atom. The summed E-state index contributed by atoms with van der Waals surface area (Å²) in [5.41, 5.74) is 7.02.